The topological polar surface area (TPSA) is 101 Å². The number of rotatable bonds is 3. The second-order valence-electron chi connectivity index (χ2n) is 7.63. The first kappa shape index (κ1) is 20.5. The lowest BCUT2D eigenvalue weighted by Gasteiger charge is -2.07. The second-order valence-corrected chi connectivity index (χ2v) is 8.24. The SMILES string of the molecule is Cn1c(Cc2ccc(C#N)cc2)nc2cc(N=S(=O)=O)ccc21.c1cc2ccc3c(c1)c2N=3. The van der Waals surface area contributed by atoms with Crippen LogP contribution in [-0.4, -0.2) is 23.0 Å². The van der Waals surface area contributed by atoms with Crippen molar-refractivity contribution in [3.8, 4) is 6.07 Å². The number of aryl methyl sites for hydroxylation is 1. The van der Waals surface area contributed by atoms with Crippen molar-refractivity contribution in [2.45, 2.75) is 6.42 Å². The number of nitriles is 1. The van der Waals surface area contributed by atoms with Crippen LogP contribution >= 0.6 is 0 Å². The van der Waals surface area contributed by atoms with Gasteiger partial charge in [0.2, 0.25) is 0 Å². The normalized spacial score (nSPS) is 10.9. The average Bonchev–Trinajstić information content (AvgIpc) is 3.11. The summed E-state index contributed by atoms with van der Waals surface area (Å²) in [7, 11) is -0.565. The molecule has 0 saturated carbocycles. The lowest BCUT2D eigenvalue weighted by Crippen LogP contribution is -1.99. The Labute approximate surface area is 190 Å². The Bertz CT molecular complexity index is 1710. The molecule has 0 saturated heterocycles. The number of hydrogen-bond donors (Lipinski definition) is 0. The quantitative estimate of drug-likeness (QED) is 0.377. The van der Waals surface area contributed by atoms with E-state index in [0.717, 1.165) is 22.4 Å². The number of imidazole rings is 1. The number of para-hydroxylation sites is 1. The van der Waals surface area contributed by atoms with Gasteiger partial charge in [-0.25, -0.2) is 9.97 Å². The zero-order valence-corrected chi connectivity index (χ0v) is 18.4. The van der Waals surface area contributed by atoms with Gasteiger partial charge in [-0.05, 0) is 42.0 Å². The molecule has 7 rings (SSSR count). The van der Waals surface area contributed by atoms with E-state index in [1.165, 1.54) is 16.3 Å². The van der Waals surface area contributed by atoms with Crippen LogP contribution in [0.15, 0.2) is 77.2 Å². The summed E-state index contributed by atoms with van der Waals surface area (Å²) in [5, 5.41) is 11.4. The van der Waals surface area contributed by atoms with Crippen LogP contribution in [0.1, 0.15) is 17.0 Å². The van der Waals surface area contributed by atoms with E-state index in [4.69, 9.17) is 5.26 Å². The van der Waals surface area contributed by atoms with Crippen LogP contribution in [-0.2, 0) is 24.0 Å². The molecule has 4 bridgehead atoms. The van der Waals surface area contributed by atoms with Crippen molar-refractivity contribution in [1.29, 1.82) is 5.26 Å². The predicted octanol–water partition coefficient (Wildman–Crippen LogP) is 4.99. The zero-order valence-electron chi connectivity index (χ0n) is 17.6. The van der Waals surface area contributed by atoms with Gasteiger partial charge >= 0.3 is 10.5 Å². The van der Waals surface area contributed by atoms with Crippen LogP contribution in [0, 0.1) is 11.3 Å². The molecule has 7 aromatic rings. The number of fused-ring (bicyclic) bond motifs is 2. The van der Waals surface area contributed by atoms with E-state index in [9.17, 15) is 8.42 Å². The van der Waals surface area contributed by atoms with Crippen LogP contribution in [0.2, 0.25) is 0 Å². The molecule has 33 heavy (non-hydrogen) atoms. The monoisotopic (exact) mass is 451 g/mol. The van der Waals surface area contributed by atoms with E-state index in [1.54, 1.807) is 30.3 Å². The average molecular weight is 452 g/mol. The van der Waals surface area contributed by atoms with Gasteiger partial charge in [0.15, 0.2) is 0 Å². The van der Waals surface area contributed by atoms with Gasteiger partial charge in [-0.2, -0.15) is 13.7 Å². The third-order valence-electron chi connectivity index (χ3n) is 5.58. The molecule has 0 aliphatic heterocycles. The standard InChI is InChI=1S/C16H12N4O2S.C9H5N/c1-20-15-7-6-13(19-23(21)22)9-14(15)18-16(20)8-11-2-4-12(10-17)5-3-11;1-2-6-4-5-8-7(3-1)9(6)10-8/h2-7,9H,8H2,1H3;1-5H. The molecule has 160 valence electrons. The summed E-state index contributed by atoms with van der Waals surface area (Å²) in [6.45, 7) is 0. The minimum atomic E-state index is -2.48. The van der Waals surface area contributed by atoms with Crippen LogP contribution < -0.4 is 0 Å². The summed E-state index contributed by atoms with van der Waals surface area (Å²) in [6.07, 6.45) is 0.622. The minimum absolute atomic E-state index is 0.355. The number of hydrogen-bond acceptors (Lipinski definition) is 6. The van der Waals surface area contributed by atoms with Gasteiger partial charge in [0, 0.05) is 24.2 Å². The maximum atomic E-state index is 10.7. The van der Waals surface area contributed by atoms with E-state index in [0.29, 0.717) is 23.2 Å². The van der Waals surface area contributed by atoms with Crippen molar-refractivity contribution >= 4 is 49.0 Å². The zero-order chi connectivity index (χ0) is 22.9. The van der Waals surface area contributed by atoms with Gasteiger partial charge < -0.3 is 4.57 Å². The summed E-state index contributed by atoms with van der Waals surface area (Å²) in [4.78, 5) is 8.86. The summed E-state index contributed by atoms with van der Waals surface area (Å²) in [5.74, 6) is 0.852. The largest absolute Gasteiger partial charge is 0.331 e. The van der Waals surface area contributed by atoms with Crippen molar-refractivity contribution in [3.05, 3.63) is 89.7 Å². The van der Waals surface area contributed by atoms with Gasteiger partial charge in [0.05, 0.1) is 39.4 Å². The first-order chi connectivity index (χ1) is 16.0. The van der Waals surface area contributed by atoms with Gasteiger partial charge in [0.1, 0.15) is 5.82 Å². The summed E-state index contributed by atoms with van der Waals surface area (Å²) >= 11 is 0. The van der Waals surface area contributed by atoms with Crippen molar-refractivity contribution in [2.24, 2.45) is 11.4 Å². The number of nitrogens with zero attached hydrogens (tertiary/aromatic N) is 5. The Morgan fingerprint density at radius 1 is 0.970 bits per heavy atom. The van der Waals surface area contributed by atoms with Crippen molar-refractivity contribution in [3.63, 3.8) is 0 Å². The smallest absolute Gasteiger partial charge is 0.316 e. The van der Waals surface area contributed by atoms with Gasteiger partial charge in [0.25, 0.3) is 0 Å². The van der Waals surface area contributed by atoms with Crippen LogP contribution in [0.4, 0.5) is 5.69 Å². The van der Waals surface area contributed by atoms with Crippen molar-refractivity contribution in [1.82, 2.24) is 14.5 Å². The van der Waals surface area contributed by atoms with Crippen LogP contribution in [0.25, 0.3) is 32.8 Å². The summed E-state index contributed by atoms with van der Waals surface area (Å²) < 4.78 is 26.8. The summed E-state index contributed by atoms with van der Waals surface area (Å²) in [5.41, 5.74) is 5.95. The molecule has 0 fully saturated rings. The van der Waals surface area contributed by atoms with E-state index in [1.807, 2.05) is 23.7 Å². The Morgan fingerprint density at radius 3 is 2.45 bits per heavy atom. The van der Waals surface area contributed by atoms with Crippen LogP contribution in [0.5, 0.6) is 0 Å². The number of benzene rings is 4. The highest BCUT2D eigenvalue weighted by Crippen LogP contribution is 2.28. The molecule has 8 heteroatoms. The highest BCUT2D eigenvalue weighted by Gasteiger charge is 2.10. The Morgan fingerprint density at radius 2 is 1.79 bits per heavy atom. The number of pyridine rings is 1. The molecule has 0 unspecified atom stereocenters. The fraction of sp³-hybridized carbons (Fsp3) is 0.0800. The maximum absolute atomic E-state index is 10.7. The van der Waals surface area contributed by atoms with Gasteiger partial charge in [-0.3, -0.25) is 0 Å². The first-order valence-electron chi connectivity index (χ1n) is 10.2. The molecular weight excluding hydrogens is 434 g/mol. The lowest BCUT2D eigenvalue weighted by atomic mass is 10.1. The lowest BCUT2D eigenvalue weighted by molar-refractivity contribution is 0.622. The Balaban J connectivity index is 0.000000186. The van der Waals surface area contributed by atoms with E-state index >= 15 is 0 Å². The fourth-order valence-electron chi connectivity index (χ4n) is 3.87. The molecule has 0 amide bonds. The first-order valence-corrected chi connectivity index (χ1v) is 11.2. The molecule has 0 aliphatic carbocycles. The highest BCUT2D eigenvalue weighted by atomic mass is 32.2. The predicted molar refractivity (Wildman–Crippen MR) is 127 cm³/mol. The molecule has 4 aromatic carbocycles. The maximum Gasteiger partial charge on any atom is 0.316 e. The van der Waals surface area contributed by atoms with Gasteiger partial charge in [-0.15, -0.1) is 4.36 Å². The third-order valence-corrected chi connectivity index (χ3v) is 5.94. The Hall–Kier alpha value is -4.35. The molecule has 3 aromatic heterocycles. The van der Waals surface area contributed by atoms with E-state index in [2.05, 4.69) is 50.7 Å². The number of aromatic nitrogens is 3. The van der Waals surface area contributed by atoms with Crippen molar-refractivity contribution < 1.29 is 8.42 Å². The highest BCUT2D eigenvalue weighted by molar-refractivity contribution is 7.61. The van der Waals surface area contributed by atoms with E-state index in [-0.39, 0.29) is 0 Å². The molecule has 0 atom stereocenters. The fourth-order valence-corrected chi connectivity index (χ4v) is 4.16. The minimum Gasteiger partial charge on any atom is -0.331 e. The van der Waals surface area contributed by atoms with Crippen molar-refractivity contribution in [2.75, 3.05) is 0 Å². The second kappa shape index (κ2) is 8.30. The molecule has 0 aliphatic rings. The molecule has 3 heterocycles. The molecule has 7 nitrogen and oxygen atoms in total. The Kier molecular flexibility index (Phi) is 5.17. The molecule has 0 N–H and O–H groups in total. The molecule has 0 spiro atoms. The summed E-state index contributed by atoms with van der Waals surface area (Å²) in [6, 6.07) is 25.0. The van der Waals surface area contributed by atoms with Crippen LogP contribution in [0.3, 0.4) is 0 Å². The molecule has 0 radical (unpaired) electrons. The van der Waals surface area contributed by atoms with E-state index < -0.39 is 10.5 Å². The molecular formula is C25H17N5O2S. The third kappa shape index (κ3) is 3.97. The van der Waals surface area contributed by atoms with Gasteiger partial charge in [-0.1, -0.05) is 36.4 Å².